The van der Waals surface area contributed by atoms with Crippen LogP contribution >= 0.6 is 0 Å². The molecule has 9 nitrogen and oxygen atoms in total. The van der Waals surface area contributed by atoms with Gasteiger partial charge in [-0.05, 0) is 26.8 Å². The standard InChI is InChI=1S/C17H31FN8O/c1-9-10(2)25(8-22-9)13-3-4-20-6-12(13)23-17(27)14-15(19)24-26-7-11(18)5-21-16(14)26/h5,9-16,20,22,24H,3-4,6-8,19H2,1-2H3,(H,23,27). The Kier molecular flexibility index (Phi) is 5.45. The van der Waals surface area contributed by atoms with Crippen LogP contribution in [0.5, 0.6) is 0 Å². The van der Waals surface area contributed by atoms with Crippen LogP contribution in [0.1, 0.15) is 20.3 Å². The molecule has 4 rings (SSSR count). The summed E-state index contributed by atoms with van der Waals surface area (Å²) >= 11 is 0. The number of nitrogens with zero attached hydrogens (tertiary/aromatic N) is 3. The highest BCUT2D eigenvalue weighted by Gasteiger charge is 2.47. The molecule has 3 saturated heterocycles. The fourth-order valence-corrected chi connectivity index (χ4v) is 4.71. The topological polar surface area (TPSA) is 110 Å². The van der Waals surface area contributed by atoms with Gasteiger partial charge in [-0.1, -0.05) is 0 Å². The molecule has 4 heterocycles. The SMILES string of the molecule is CC1NCN(C2CCNCC2NC(=O)C2C(N)NN3CC(F)C=NC23)C1C. The van der Waals surface area contributed by atoms with E-state index in [1.807, 2.05) is 0 Å². The highest BCUT2D eigenvalue weighted by Crippen LogP contribution is 2.26. The zero-order chi connectivity index (χ0) is 19.1. The fraction of sp³-hybridized carbons (Fsp3) is 0.882. The minimum Gasteiger partial charge on any atom is -0.350 e. The molecule has 3 fully saturated rings. The Morgan fingerprint density at radius 1 is 1.41 bits per heavy atom. The number of nitrogens with one attached hydrogen (secondary N) is 4. The molecule has 8 unspecified atom stereocenters. The Morgan fingerprint density at radius 2 is 2.22 bits per heavy atom. The Balaban J connectivity index is 1.45. The maximum atomic E-state index is 13.5. The number of alkyl halides is 1. The van der Waals surface area contributed by atoms with Crippen molar-refractivity contribution in [1.82, 2.24) is 31.3 Å². The number of carbonyl (C=O) groups excluding carboxylic acids is 1. The normalized spacial score (nSPS) is 45.8. The van der Waals surface area contributed by atoms with Crippen molar-refractivity contribution >= 4 is 12.1 Å². The summed E-state index contributed by atoms with van der Waals surface area (Å²) in [6.45, 7) is 7.09. The largest absolute Gasteiger partial charge is 0.350 e. The molecule has 10 heteroatoms. The Bertz CT molecular complexity index is 591. The predicted octanol–water partition coefficient (Wildman–Crippen LogP) is -2.06. The number of nitrogens with two attached hydrogens (primary N) is 1. The number of aliphatic imine (C=N–C) groups is 1. The molecule has 8 atom stereocenters. The van der Waals surface area contributed by atoms with Crippen LogP contribution in [0.15, 0.2) is 4.99 Å². The molecule has 0 aromatic carbocycles. The number of piperidine rings is 1. The smallest absolute Gasteiger partial charge is 0.230 e. The third-order valence-corrected chi connectivity index (χ3v) is 6.46. The molecule has 0 bridgehead atoms. The second-order valence-corrected chi connectivity index (χ2v) is 8.14. The van der Waals surface area contributed by atoms with Crippen LogP contribution in [-0.2, 0) is 4.79 Å². The average molecular weight is 382 g/mol. The lowest BCUT2D eigenvalue weighted by molar-refractivity contribution is -0.127. The van der Waals surface area contributed by atoms with E-state index < -0.39 is 24.4 Å². The van der Waals surface area contributed by atoms with Crippen molar-refractivity contribution in [3.05, 3.63) is 0 Å². The first-order chi connectivity index (χ1) is 13.0. The monoisotopic (exact) mass is 382 g/mol. The van der Waals surface area contributed by atoms with Gasteiger partial charge in [-0.15, -0.1) is 0 Å². The molecule has 0 saturated carbocycles. The number of hydrogen-bond donors (Lipinski definition) is 5. The molecule has 0 aromatic rings. The predicted molar refractivity (Wildman–Crippen MR) is 100 cm³/mol. The van der Waals surface area contributed by atoms with Crippen molar-refractivity contribution in [2.75, 3.05) is 26.3 Å². The molecule has 4 aliphatic rings. The number of rotatable bonds is 3. The zero-order valence-corrected chi connectivity index (χ0v) is 15.9. The van der Waals surface area contributed by atoms with Crippen LogP contribution in [0, 0.1) is 5.92 Å². The first kappa shape index (κ1) is 19.2. The Morgan fingerprint density at radius 3 is 2.96 bits per heavy atom. The van der Waals surface area contributed by atoms with Crippen LogP contribution in [-0.4, -0.2) is 91.0 Å². The van der Waals surface area contributed by atoms with Gasteiger partial charge in [-0.25, -0.2) is 14.8 Å². The van der Waals surface area contributed by atoms with E-state index in [1.54, 1.807) is 5.01 Å². The quantitative estimate of drug-likeness (QED) is 0.382. The lowest BCUT2D eigenvalue weighted by Gasteiger charge is -2.41. The lowest BCUT2D eigenvalue weighted by Crippen LogP contribution is -2.62. The molecule has 152 valence electrons. The van der Waals surface area contributed by atoms with E-state index in [9.17, 15) is 9.18 Å². The number of fused-ring (bicyclic) bond motifs is 1. The second-order valence-electron chi connectivity index (χ2n) is 8.14. The average Bonchev–Trinajstić information content (AvgIpc) is 3.14. The number of amides is 1. The molecule has 0 radical (unpaired) electrons. The van der Waals surface area contributed by atoms with Crippen molar-refractivity contribution in [3.8, 4) is 0 Å². The van der Waals surface area contributed by atoms with Gasteiger partial charge >= 0.3 is 0 Å². The summed E-state index contributed by atoms with van der Waals surface area (Å²) in [5.74, 6) is -0.659. The summed E-state index contributed by atoms with van der Waals surface area (Å²) in [6.07, 6.45) is 0.108. The van der Waals surface area contributed by atoms with Gasteiger partial charge in [0.1, 0.15) is 18.3 Å². The first-order valence-corrected chi connectivity index (χ1v) is 9.91. The van der Waals surface area contributed by atoms with E-state index in [-0.39, 0.29) is 24.5 Å². The summed E-state index contributed by atoms with van der Waals surface area (Å²) in [7, 11) is 0. The third kappa shape index (κ3) is 3.62. The highest BCUT2D eigenvalue weighted by molar-refractivity contribution is 5.81. The van der Waals surface area contributed by atoms with Gasteiger partial charge in [0.05, 0.1) is 18.8 Å². The minimum absolute atomic E-state index is 0.00328. The van der Waals surface area contributed by atoms with E-state index in [1.165, 1.54) is 6.21 Å². The molecule has 4 aliphatic heterocycles. The molecule has 6 N–H and O–H groups in total. The summed E-state index contributed by atoms with van der Waals surface area (Å²) in [6, 6.07) is 1.13. The molecule has 0 aliphatic carbocycles. The minimum atomic E-state index is -1.14. The highest BCUT2D eigenvalue weighted by atomic mass is 19.1. The van der Waals surface area contributed by atoms with Crippen LogP contribution < -0.4 is 27.1 Å². The van der Waals surface area contributed by atoms with E-state index >= 15 is 0 Å². The van der Waals surface area contributed by atoms with Gasteiger partial charge in [0.25, 0.3) is 0 Å². The van der Waals surface area contributed by atoms with Crippen LogP contribution in [0.25, 0.3) is 0 Å². The van der Waals surface area contributed by atoms with Crippen molar-refractivity contribution < 1.29 is 9.18 Å². The maximum Gasteiger partial charge on any atom is 0.230 e. The number of carbonyl (C=O) groups is 1. The van der Waals surface area contributed by atoms with Gasteiger partial charge < -0.3 is 21.7 Å². The van der Waals surface area contributed by atoms with Crippen molar-refractivity contribution in [2.45, 2.75) is 62.9 Å². The van der Waals surface area contributed by atoms with Crippen molar-refractivity contribution in [2.24, 2.45) is 16.6 Å². The third-order valence-electron chi connectivity index (χ3n) is 6.46. The van der Waals surface area contributed by atoms with Gasteiger partial charge in [0.15, 0.2) is 0 Å². The zero-order valence-electron chi connectivity index (χ0n) is 15.9. The van der Waals surface area contributed by atoms with E-state index in [2.05, 4.69) is 45.1 Å². The number of hydrazine groups is 1. The summed E-state index contributed by atoms with van der Waals surface area (Å²) < 4.78 is 13.5. The molecule has 27 heavy (non-hydrogen) atoms. The first-order valence-electron chi connectivity index (χ1n) is 9.91. The maximum absolute atomic E-state index is 13.5. The number of hydrogen-bond acceptors (Lipinski definition) is 8. The van der Waals surface area contributed by atoms with Gasteiger partial charge in [-0.3, -0.25) is 14.7 Å². The fourth-order valence-electron chi connectivity index (χ4n) is 4.71. The molecule has 0 spiro atoms. The summed E-state index contributed by atoms with van der Waals surface area (Å²) in [5.41, 5.74) is 9.14. The molecule has 1 amide bonds. The van der Waals surface area contributed by atoms with E-state index in [0.29, 0.717) is 12.1 Å². The summed E-state index contributed by atoms with van der Waals surface area (Å²) in [5, 5.41) is 11.7. The van der Waals surface area contributed by atoms with Gasteiger partial charge in [0, 0.05) is 37.6 Å². The summed E-state index contributed by atoms with van der Waals surface area (Å²) in [4.78, 5) is 19.7. The van der Waals surface area contributed by atoms with Crippen molar-refractivity contribution in [3.63, 3.8) is 0 Å². The Hall–Kier alpha value is -1.17. The number of halogens is 1. The van der Waals surface area contributed by atoms with Crippen LogP contribution in [0.4, 0.5) is 4.39 Å². The van der Waals surface area contributed by atoms with Gasteiger partial charge in [-0.2, -0.15) is 0 Å². The van der Waals surface area contributed by atoms with Crippen LogP contribution in [0.3, 0.4) is 0 Å². The Labute approximate surface area is 159 Å². The second kappa shape index (κ2) is 7.69. The molecular weight excluding hydrogens is 351 g/mol. The van der Waals surface area contributed by atoms with E-state index in [4.69, 9.17) is 5.73 Å². The van der Waals surface area contributed by atoms with Gasteiger partial charge in [0.2, 0.25) is 5.91 Å². The van der Waals surface area contributed by atoms with Crippen molar-refractivity contribution in [1.29, 1.82) is 0 Å². The molecular formula is C17H31FN8O. The lowest BCUT2D eigenvalue weighted by atomic mass is 9.95. The van der Waals surface area contributed by atoms with E-state index in [0.717, 1.165) is 26.2 Å². The molecule has 0 aromatic heterocycles. The van der Waals surface area contributed by atoms with Crippen LogP contribution in [0.2, 0.25) is 0 Å².